The number of hydrogen-bond donors (Lipinski definition) is 2. The van der Waals surface area contributed by atoms with Crippen LogP contribution < -0.4 is 10.2 Å². The van der Waals surface area contributed by atoms with Gasteiger partial charge in [0.15, 0.2) is 6.29 Å². The molecule has 0 radical (unpaired) electrons. The van der Waals surface area contributed by atoms with E-state index in [0.29, 0.717) is 5.92 Å². The summed E-state index contributed by atoms with van der Waals surface area (Å²) in [6, 6.07) is 12.5. The third kappa shape index (κ3) is 3.66. The van der Waals surface area contributed by atoms with E-state index in [1.165, 1.54) is 23.0 Å². The minimum atomic E-state index is 0.455. The molecular formula is C22H25N3OS. The maximum Gasteiger partial charge on any atom is 0.150 e. The Labute approximate surface area is 164 Å². The van der Waals surface area contributed by atoms with E-state index in [2.05, 4.69) is 22.3 Å². The van der Waals surface area contributed by atoms with Crippen molar-refractivity contribution < 1.29 is 4.79 Å². The van der Waals surface area contributed by atoms with Crippen LogP contribution in [0.2, 0.25) is 0 Å². The lowest BCUT2D eigenvalue weighted by Crippen LogP contribution is -2.29. The van der Waals surface area contributed by atoms with E-state index < -0.39 is 0 Å². The molecule has 0 bridgehead atoms. The average molecular weight is 380 g/mol. The highest BCUT2D eigenvalue weighted by molar-refractivity contribution is 7.98. The van der Waals surface area contributed by atoms with Gasteiger partial charge in [0.25, 0.3) is 0 Å². The second-order valence-corrected chi connectivity index (χ2v) is 8.28. The largest absolute Gasteiger partial charge is 0.370 e. The summed E-state index contributed by atoms with van der Waals surface area (Å²) >= 11 is 1.99. The van der Waals surface area contributed by atoms with Crippen molar-refractivity contribution in [1.82, 2.24) is 5.32 Å². The summed E-state index contributed by atoms with van der Waals surface area (Å²) in [5.74, 6) is 2.64. The van der Waals surface area contributed by atoms with Crippen LogP contribution in [-0.2, 0) is 5.75 Å². The molecule has 0 saturated heterocycles. The molecule has 2 N–H and O–H groups in total. The topological polar surface area (TPSA) is 56.2 Å². The van der Waals surface area contributed by atoms with Crippen LogP contribution in [0, 0.1) is 5.41 Å². The number of anilines is 1. The molecule has 0 saturated carbocycles. The molecule has 0 amide bonds. The van der Waals surface area contributed by atoms with Crippen molar-refractivity contribution in [2.24, 2.45) is 0 Å². The normalized spacial score (nSPS) is 18.1. The Morgan fingerprint density at radius 3 is 3.04 bits per heavy atom. The molecule has 4 nitrogen and oxygen atoms in total. The second-order valence-electron chi connectivity index (χ2n) is 7.17. The van der Waals surface area contributed by atoms with E-state index in [9.17, 15) is 4.79 Å². The van der Waals surface area contributed by atoms with Crippen molar-refractivity contribution in [2.75, 3.05) is 36.8 Å². The summed E-state index contributed by atoms with van der Waals surface area (Å²) in [6.07, 6.45) is 3.19. The van der Waals surface area contributed by atoms with Crippen LogP contribution in [0.25, 0.3) is 11.1 Å². The van der Waals surface area contributed by atoms with E-state index in [4.69, 9.17) is 5.41 Å². The zero-order valence-electron chi connectivity index (χ0n) is 15.4. The van der Waals surface area contributed by atoms with Crippen LogP contribution in [-0.4, -0.2) is 44.4 Å². The van der Waals surface area contributed by atoms with Crippen molar-refractivity contribution in [1.29, 1.82) is 5.41 Å². The number of hydrogen-bond acceptors (Lipinski definition) is 5. The second kappa shape index (κ2) is 8.28. The first-order valence-electron chi connectivity index (χ1n) is 9.55. The Bertz CT molecular complexity index is 851. The van der Waals surface area contributed by atoms with Gasteiger partial charge in [0.05, 0.1) is 0 Å². The Hall–Kier alpha value is -2.11. The van der Waals surface area contributed by atoms with Gasteiger partial charge >= 0.3 is 0 Å². The Morgan fingerprint density at radius 1 is 1.30 bits per heavy atom. The highest BCUT2D eigenvalue weighted by Crippen LogP contribution is 2.44. The van der Waals surface area contributed by atoms with Crippen LogP contribution in [0.4, 0.5) is 5.69 Å². The van der Waals surface area contributed by atoms with Crippen molar-refractivity contribution >= 4 is 30.0 Å². The molecule has 2 aliphatic rings. The third-order valence-electron chi connectivity index (χ3n) is 5.43. The van der Waals surface area contributed by atoms with Gasteiger partial charge in [-0.25, -0.2) is 0 Å². The Balaban J connectivity index is 1.73. The van der Waals surface area contributed by atoms with Gasteiger partial charge in [0.1, 0.15) is 0 Å². The minimum absolute atomic E-state index is 0.455. The monoisotopic (exact) mass is 379 g/mol. The van der Waals surface area contributed by atoms with Crippen LogP contribution >= 0.6 is 11.8 Å². The standard InChI is InChI=1S/C22H25N3OS/c23-6-3-7-24-12-19-13-25-8-9-27-15-18-10-17(11-21(19)22(18)25)20-5-2-1-4-16(20)14-26/h1-2,4-6,10-11,14,19,23-24H,3,7-9,12-13,15H2/t19-/m1/s1. The fourth-order valence-electron chi connectivity index (χ4n) is 4.18. The summed E-state index contributed by atoms with van der Waals surface area (Å²) in [6.45, 7) is 3.94. The molecule has 140 valence electrons. The summed E-state index contributed by atoms with van der Waals surface area (Å²) < 4.78 is 0. The van der Waals surface area contributed by atoms with E-state index >= 15 is 0 Å². The first-order valence-corrected chi connectivity index (χ1v) is 10.7. The molecular weight excluding hydrogens is 354 g/mol. The smallest absolute Gasteiger partial charge is 0.150 e. The van der Waals surface area contributed by atoms with Crippen molar-refractivity contribution in [2.45, 2.75) is 18.1 Å². The quantitative estimate of drug-likeness (QED) is 0.435. The molecule has 0 aromatic heterocycles. The molecule has 0 spiro atoms. The zero-order valence-corrected chi connectivity index (χ0v) is 16.2. The molecule has 0 fully saturated rings. The number of aldehydes is 1. The van der Waals surface area contributed by atoms with E-state index in [0.717, 1.165) is 67.1 Å². The number of benzene rings is 2. The fraction of sp³-hybridized carbons (Fsp3) is 0.364. The lowest BCUT2D eigenvalue weighted by Gasteiger charge is -2.19. The zero-order chi connectivity index (χ0) is 18.6. The number of rotatable bonds is 7. The molecule has 2 heterocycles. The van der Waals surface area contributed by atoms with E-state index in [-0.39, 0.29) is 0 Å². The van der Waals surface area contributed by atoms with E-state index in [1.807, 2.05) is 36.0 Å². The van der Waals surface area contributed by atoms with Crippen molar-refractivity contribution in [3.05, 3.63) is 53.1 Å². The minimum Gasteiger partial charge on any atom is -0.370 e. The summed E-state index contributed by atoms with van der Waals surface area (Å²) in [5.41, 5.74) is 7.16. The van der Waals surface area contributed by atoms with Crippen LogP contribution in [0.15, 0.2) is 36.4 Å². The number of carbonyl (C=O) groups is 1. The highest BCUT2D eigenvalue weighted by Gasteiger charge is 2.32. The highest BCUT2D eigenvalue weighted by atomic mass is 32.2. The molecule has 0 aliphatic carbocycles. The lowest BCUT2D eigenvalue weighted by atomic mass is 9.92. The first kappa shape index (κ1) is 18.3. The van der Waals surface area contributed by atoms with Crippen molar-refractivity contribution in [3.8, 4) is 11.1 Å². The molecule has 27 heavy (non-hydrogen) atoms. The van der Waals surface area contributed by atoms with E-state index in [1.54, 1.807) is 0 Å². The molecule has 1 atom stereocenters. The van der Waals surface area contributed by atoms with Crippen molar-refractivity contribution in [3.63, 3.8) is 0 Å². The molecule has 4 rings (SSSR count). The average Bonchev–Trinajstić information content (AvgIpc) is 2.92. The molecule has 2 aliphatic heterocycles. The third-order valence-corrected chi connectivity index (χ3v) is 6.42. The van der Waals surface area contributed by atoms with Gasteiger partial charge in [-0.2, -0.15) is 11.8 Å². The van der Waals surface area contributed by atoms with Crippen LogP contribution in [0.1, 0.15) is 33.8 Å². The van der Waals surface area contributed by atoms with Crippen LogP contribution in [0.5, 0.6) is 0 Å². The van der Waals surface area contributed by atoms with Gasteiger partial charge in [-0.15, -0.1) is 0 Å². The maximum atomic E-state index is 11.5. The van der Waals surface area contributed by atoms with Crippen LogP contribution in [0.3, 0.4) is 0 Å². The van der Waals surface area contributed by atoms with Gasteiger partial charge < -0.3 is 15.6 Å². The SMILES string of the molecule is N=CCCNC[C@@H]1CN2CCSCc3cc(-c4ccccc4C=O)cc1c32. The lowest BCUT2D eigenvalue weighted by molar-refractivity contribution is 0.112. The first-order chi connectivity index (χ1) is 13.3. The molecule has 0 unspecified atom stereocenters. The molecule has 2 aromatic rings. The Morgan fingerprint density at radius 2 is 2.19 bits per heavy atom. The number of carbonyl (C=O) groups excluding carboxylic acids is 1. The van der Waals surface area contributed by atoms with Gasteiger partial charge in [0.2, 0.25) is 0 Å². The number of thioether (sulfide) groups is 1. The number of nitrogens with zero attached hydrogens (tertiary/aromatic N) is 1. The maximum absolute atomic E-state index is 11.5. The fourth-order valence-corrected chi connectivity index (χ4v) is 5.12. The molecule has 5 heteroatoms. The van der Waals surface area contributed by atoms with Gasteiger partial charge in [-0.1, -0.05) is 24.3 Å². The number of nitrogens with one attached hydrogen (secondary N) is 2. The summed E-state index contributed by atoms with van der Waals surface area (Å²) in [7, 11) is 0. The molecule has 2 aromatic carbocycles. The Kier molecular flexibility index (Phi) is 5.60. The van der Waals surface area contributed by atoms with Gasteiger partial charge in [-0.05, 0) is 47.0 Å². The predicted octanol–water partition coefficient (Wildman–Crippen LogP) is 3.95. The van der Waals surface area contributed by atoms with Gasteiger partial charge in [0, 0.05) is 54.9 Å². The summed E-state index contributed by atoms with van der Waals surface area (Å²) in [4.78, 5) is 14.1. The van der Waals surface area contributed by atoms with Gasteiger partial charge in [-0.3, -0.25) is 4.79 Å². The predicted molar refractivity (Wildman–Crippen MR) is 115 cm³/mol. The summed E-state index contributed by atoms with van der Waals surface area (Å²) in [5, 5.41) is 10.7.